The van der Waals surface area contributed by atoms with Crippen molar-refractivity contribution >= 4 is 40.6 Å². The highest BCUT2D eigenvalue weighted by molar-refractivity contribution is 7.98. The molecule has 1 aromatic heterocycles. The number of fused-ring (bicyclic) bond motifs is 1. The number of furan rings is 1. The summed E-state index contributed by atoms with van der Waals surface area (Å²) in [5, 5.41) is 9.53. The van der Waals surface area contributed by atoms with Gasteiger partial charge in [-0.25, -0.2) is 4.79 Å². The lowest BCUT2D eigenvalue weighted by Gasteiger charge is -2.24. The molecule has 0 fully saturated rings. The second-order valence-electron chi connectivity index (χ2n) is 8.27. The number of ether oxygens (including phenoxy) is 1. The Balaban J connectivity index is 1.94. The fourth-order valence-electron chi connectivity index (χ4n) is 3.41. The van der Waals surface area contributed by atoms with Crippen molar-refractivity contribution in [2.75, 3.05) is 6.26 Å². The van der Waals surface area contributed by atoms with Crippen molar-refractivity contribution < 1.29 is 37.0 Å². The van der Waals surface area contributed by atoms with Crippen LogP contribution in [0.25, 0.3) is 17.0 Å². The summed E-state index contributed by atoms with van der Waals surface area (Å²) in [6.07, 6.45) is -0.138. The highest BCUT2D eigenvalue weighted by atomic mass is 32.2. The van der Waals surface area contributed by atoms with Crippen LogP contribution >= 0.6 is 11.8 Å². The van der Waals surface area contributed by atoms with Crippen LogP contribution in [-0.4, -0.2) is 28.7 Å². The number of carbonyl (C=O) groups is 2. The van der Waals surface area contributed by atoms with Gasteiger partial charge in [0.25, 0.3) is 0 Å². The standard InChI is InChI=1S/C25H23F3O5S/c1-13-10-15(11-14(2)21(13)33-24(3,4)23(30)31)6-8-18(29)16-7-9-19(34-5)17-12-20(25(26,27)28)32-22(16)17/h6-12H,1-5H3,(H,30,31)/b8-6+. The van der Waals surface area contributed by atoms with Gasteiger partial charge in [-0.2, -0.15) is 13.2 Å². The zero-order valence-corrected chi connectivity index (χ0v) is 20.0. The van der Waals surface area contributed by atoms with Gasteiger partial charge in [0.2, 0.25) is 5.76 Å². The number of aliphatic carboxylic acids is 1. The van der Waals surface area contributed by atoms with Crippen molar-refractivity contribution in [3.05, 3.63) is 64.4 Å². The molecule has 2 aromatic carbocycles. The molecule has 0 bridgehead atoms. The molecule has 1 heterocycles. The quantitative estimate of drug-likeness (QED) is 0.219. The van der Waals surface area contributed by atoms with Gasteiger partial charge in [-0.1, -0.05) is 6.08 Å². The molecule has 0 unspecified atom stereocenters. The van der Waals surface area contributed by atoms with Crippen LogP contribution in [-0.2, 0) is 11.0 Å². The topological polar surface area (TPSA) is 76.7 Å². The van der Waals surface area contributed by atoms with Gasteiger partial charge in [0, 0.05) is 10.3 Å². The van der Waals surface area contributed by atoms with Gasteiger partial charge in [0.15, 0.2) is 11.4 Å². The van der Waals surface area contributed by atoms with Gasteiger partial charge in [0.1, 0.15) is 11.3 Å². The molecule has 0 radical (unpaired) electrons. The number of carboxylic acid groups (broad SMARTS) is 1. The van der Waals surface area contributed by atoms with Crippen LogP contribution in [0.2, 0.25) is 0 Å². The lowest BCUT2D eigenvalue weighted by Crippen LogP contribution is -2.38. The molecule has 0 spiro atoms. The van der Waals surface area contributed by atoms with Crippen molar-refractivity contribution in [1.29, 1.82) is 0 Å². The van der Waals surface area contributed by atoms with Gasteiger partial charge in [-0.05, 0) is 87.0 Å². The van der Waals surface area contributed by atoms with E-state index in [0.717, 1.165) is 6.07 Å². The third kappa shape index (κ3) is 5.14. The van der Waals surface area contributed by atoms with Gasteiger partial charge in [-0.3, -0.25) is 4.79 Å². The number of allylic oxidation sites excluding steroid dienone is 1. The molecular weight excluding hydrogens is 469 g/mol. The molecule has 0 amide bonds. The monoisotopic (exact) mass is 492 g/mol. The van der Waals surface area contributed by atoms with Crippen molar-refractivity contribution in [2.24, 2.45) is 0 Å². The first-order valence-corrected chi connectivity index (χ1v) is 11.4. The van der Waals surface area contributed by atoms with E-state index in [1.807, 2.05) is 0 Å². The Morgan fingerprint density at radius 3 is 2.24 bits per heavy atom. The van der Waals surface area contributed by atoms with Crippen molar-refractivity contribution in [3.63, 3.8) is 0 Å². The normalized spacial score (nSPS) is 12.5. The molecule has 3 aromatic rings. The lowest BCUT2D eigenvalue weighted by atomic mass is 10.0. The Bertz CT molecular complexity index is 1280. The predicted molar refractivity (Wildman–Crippen MR) is 125 cm³/mol. The Labute approximate surface area is 198 Å². The molecule has 0 aliphatic carbocycles. The largest absolute Gasteiger partial charge is 0.478 e. The fourth-order valence-corrected chi connectivity index (χ4v) is 3.99. The molecule has 0 aliphatic rings. The Morgan fingerprint density at radius 1 is 1.09 bits per heavy atom. The van der Waals surface area contributed by atoms with E-state index in [9.17, 15) is 27.9 Å². The summed E-state index contributed by atoms with van der Waals surface area (Å²) in [6, 6.07) is 7.40. The molecule has 0 saturated heterocycles. The highest BCUT2D eigenvalue weighted by Gasteiger charge is 2.36. The number of carboxylic acids is 1. The highest BCUT2D eigenvalue weighted by Crippen LogP contribution is 2.38. The Hall–Kier alpha value is -3.20. The maximum atomic E-state index is 13.2. The molecule has 9 heteroatoms. The first-order valence-electron chi connectivity index (χ1n) is 10.2. The number of hydrogen-bond donors (Lipinski definition) is 1. The minimum absolute atomic E-state index is 0.0242. The zero-order chi connectivity index (χ0) is 25.4. The smallest absolute Gasteiger partial charge is 0.449 e. The third-order valence-electron chi connectivity index (χ3n) is 5.19. The average Bonchev–Trinajstić information content (AvgIpc) is 3.20. The van der Waals surface area contributed by atoms with Gasteiger partial charge in [-0.15, -0.1) is 11.8 Å². The molecular formula is C25H23F3O5S. The summed E-state index contributed by atoms with van der Waals surface area (Å²) in [7, 11) is 0. The average molecular weight is 493 g/mol. The summed E-state index contributed by atoms with van der Waals surface area (Å²) in [5.41, 5.74) is 0.492. The van der Waals surface area contributed by atoms with Crippen LogP contribution in [0.3, 0.4) is 0 Å². The van der Waals surface area contributed by atoms with Gasteiger partial charge in [0.05, 0.1) is 5.56 Å². The first-order chi connectivity index (χ1) is 15.7. The molecule has 5 nitrogen and oxygen atoms in total. The van der Waals surface area contributed by atoms with E-state index in [2.05, 4.69) is 0 Å². The van der Waals surface area contributed by atoms with Crippen LogP contribution < -0.4 is 4.74 Å². The molecule has 34 heavy (non-hydrogen) atoms. The first kappa shape index (κ1) is 25.4. The van der Waals surface area contributed by atoms with E-state index < -0.39 is 29.3 Å². The predicted octanol–water partition coefficient (Wildman–Crippen LogP) is 6.93. The number of halogens is 3. The van der Waals surface area contributed by atoms with Crippen LogP contribution in [0.15, 0.2) is 45.7 Å². The Morgan fingerprint density at radius 2 is 1.71 bits per heavy atom. The number of thioether (sulfide) groups is 1. The molecule has 0 atom stereocenters. The van der Waals surface area contributed by atoms with E-state index in [4.69, 9.17) is 9.15 Å². The van der Waals surface area contributed by atoms with Gasteiger partial charge < -0.3 is 14.3 Å². The number of aryl methyl sites for hydroxylation is 2. The number of rotatable bonds is 7. The van der Waals surface area contributed by atoms with Crippen molar-refractivity contribution in [2.45, 2.75) is 44.4 Å². The summed E-state index contributed by atoms with van der Waals surface area (Å²) in [4.78, 5) is 24.8. The van der Waals surface area contributed by atoms with Crippen LogP contribution in [0.1, 0.15) is 46.7 Å². The molecule has 1 N–H and O–H groups in total. The maximum Gasteiger partial charge on any atom is 0.449 e. The lowest BCUT2D eigenvalue weighted by molar-refractivity contribution is -0.152. The molecule has 0 aliphatic heterocycles. The minimum Gasteiger partial charge on any atom is -0.478 e. The van der Waals surface area contributed by atoms with E-state index in [0.29, 0.717) is 27.3 Å². The summed E-state index contributed by atoms with van der Waals surface area (Å²) in [6.45, 7) is 6.41. The van der Waals surface area contributed by atoms with E-state index in [1.165, 1.54) is 43.8 Å². The van der Waals surface area contributed by atoms with Crippen LogP contribution in [0.4, 0.5) is 13.2 Å². The Kier molecular flexibility index (Phi) is 6.89. The maximum absolute atomic E-state index is 13.2. The minimum atomic E-state index is -4.67. The van der Waals surface area contributed by atoms with E-state index >= 15 is 0 Å². The molecule has 0 saturated carbocycles. The fraction of sp³-hybridized carbons (Fsp3) is 0.280. The van der Waals surface area contributed by atoms with E-state index in [-0.39, 0.29) is 16.5 Å². The van der Waals surface area contributed by atoms with Gasteiger partial charge >= 0.3 is 12.1 Å². The summed E-state index contributed by atoms with van der Waals surface area (Å²) in [5.74, 6) is -2.34. The summed E-state index contributed by atoms with van der Waals surface area (Å²) < 4.78 is 50.3. The number of hydrogen-bond acceptors (Lipinski definition) is 5. The number of benzene rings is 2. The molecule has 180 valence electrons. The van der Waals surface area contributed by atoms with Crippen molar-refractivity contribution in [3.8, 4) is 5.75 Å². The van der Waals surface area contributed by atoms with Crippen molar-refractivity contribution in [1.82, 2.24) is 0 Å². The van der Waals surface area contributed by atoms with E-state index in [1.54, 1.807) is 38.3 Å². The number of ketones is 1. The second kappa shape index (κ2) is 9.21. The molecule has 3 rings (SSSR count). The SMILES string of the molecule is CSc1ccc(C(=O)/C=C/c2cc(C)c(OC(C)(C)C(=O)O)c(C)c2)c2oc(C(F)(F)F)cc12. The summed E-state index contributed by atoms with van der Waals surface area (Å²) >= 11 is 1.26. The van der Waals surface area contributed by atoms with Crippen LogP contribution in [0, 0.1) is 13.8 Å². The van der Waals surface area contributed by atoms with Crippen LogP contribution in [0.5, 0.6) is 5.75 Å². The zero-order valence-electron chi connectivity index (χ0n) is 19.2. The number of alkyl halides is 3. The number of carbonyl (C=O) groups excluding carboxylic acids is 1. The third-order valence-corrected chi connectivity index (χ3v) is 5.99. The second-order valence-corrected chi connectivity index (χ2v) is 9.11.